The van der Waals surface area contributed by atoms with Crippen molar-refractivity contribution in [1.82, 2.24) is 0 Å². The van der Waals surface area contributed by atoms with Gasteiger partial charge in [-0.1, -0.05) is 72.8 Å². The highest BCUT2D eigenvalue weighted by Gasteiger charge is 2.47. The number of carbonyl (C=O) groups is 2. The first-order valence-corrected chi connectivity index (χ1v) is 11.6. The van der Waals surface area contributed by atoms with E-state index < -0.39 is 17.7 Å². The highest BCUT2D eigenvalue weighted by atomic mass is 16.5. The molecule has 1 fully saturated rings. The number of nitrogens with zero attached hydrogens (tertiary/aromatic N) is 1. The van der Waals surface area contributed by atoms with Crippen molar-refractivity contribution in [2.45, 2.75) is 26.0 Å². The van der Waals surface area contributed by atoms with Gasteiger partial charge >= 0.3 is 0 Å². The third-order valence-corrected chi connectivity index (χ3v) is 6.09. The van der Waals surface area contributed by atoms with Crippen molar-refractivity contribution in [2.24, 2.45) is 0 Å². The van der Waals surface area contributed by atoms with Gasteiger partial charge in [0.2, 0.25) is 0 Å². The van der Waals surface area contributed by atoms with Gasteiger partial charge in [0.1, 0.15) is 11.5 Å². The van der Waals surface area contributed by atoms with Crippen LogP contribution in [0.25, 0.3) is 16.5 Å². The average molecular weight is 464 g/mol. The number of aliphatic hydroxyl groups is 1. The Bertz CT molecular complexity index is 1430. The van der Waals surface area contributed by atoms with Crippen LogP contribution in [0.5, 0.6) is 5.75 Å². The number of hydrogen-bond donors (Lipinski definition) is 1. The second-order valence-electron chi connectivity index (χ2n) is 8.77. The number of para-hydroxylation sites is 1. The van der Waals surface area contributed by atoms with Crippen LogP contribution in [0.2, 0.25) is 0 Å². The zero-order chi connectivity index (χ0) is 24.5. The number of ketones is 1. The summed E-state index contributed by atoms with van der Waals surface area (Å²) in [6.07, 6.45) is 0.0159. The fourth-order valence-corrected chi connectivity index (χ4v) is 4.58. The number of hydrogen-bond acceptors (Lipinski definition) is 4. The van der Waals surface area contributed by atoms with E-state index in [0.29, 0.717) is 22.6 Å². The van der Waals surface area contributed by atoms with Crippen molar-refractivity contribution in [2.75, 3.05) is 4.90 Å². The smallest absolute Gasteiger partial charge is 0.300 e. The van der Waals surface area contributed by atoms with E-state index in [0.717, 1.165) is 10.8 Å². The molecule has 1 atom stereocenters. The lowest BCUT2D eigenvalue weighted by Gasteiger charge is -2.25. The Hall–Kier alpha value is -4.38. The second kappa shape index (κ2) is 9.11. The Kier molecular flexibility index (Phi) is 5.83. The van der Waals surface area contributed by atoms with Crippen LogP contribution in [0.3, 0.4) is 0 Å². The zero-order valence-electron chi connectivity index (χ0n) is 19.5. The van der Waals surface area contributed by atoms with Crippen LogP contribution in [0.4, 0.5) is 5.69 Å². The van der Waals surface area contributed by atoms with Crippen LogP contribution in [0.1, 0.15) is 31.0 Å². The summed E-state index contributed by atoms with van der Waals surface area (Å²) >= 11 is 0. The van der Waals surface area contributed by atoms with Crippen LogP contribution < -0.4 is 9.64 Å². The molecule has 5 rings (SSSR count). The summed E-state index contributed by atoms with van der Waals surface area (Å²) in [5.74, 6) is -0.891. The number of benzene rings is 4. The molecule has 4 aromatic carbocycles. The molecule has 0 radical (unpaired) electrons. The molecule has 0 aromatic heterocycles. The fourth-order valence-electron chi connectivity index (χ4n) is 4.58. The van der Waals surface area contributed by atoms with Crippen molar-refractivity contribution in [1.29, 1.82) is 0 Å². The quantitative estimate of drug-likeness (QED) is 0.216. The van der Waals surface area contributed by atoms with Crippen molar-refractivity contribution >= 4 is 33.9 Å². The number of ether oxygens (including phenoxy) is 1. The number of aliphatic hydroxyl groups excluding tert-OH is 1. The Balaban J connectivity index is 1.72. The van der Waals surface area contributed by atoms with E-state index in [1.54, 1.807) is 18.2 Å². The molecule has 4 aromatic rings. The number of rotatable bonds is 5. The maximum atomic E-state index is 13.4. The molecular weight excluding hydrogens is 438 g/mol. The molecule has 0 spiro atoms. The van der Waals surface area contributed by atoms with E-state index in [9.17, 15) is 14.7 Å². The highest BCUT2D eigenvalue weighted by Crippen LogP contribution is 2.43. The maximum absolute atomic E-state index is 13.4. The van der Waals surface area contributed by atoms with Gasteiger partial charge < -0.3 is 9.84 Å². The minimum absolute atomic E-state index is 0.0159. The molecule has 1 saturated heterocycles. The molecule has 35 heavy (non-hydrogen) atoms. The number of fused-ring (bicyclic) bond motifs is 1. The molecule has 1 amide bonds. The standard InChI is InChI=1S/C30H25NO4/c1-19(2)35-23-17-15-21(16-18-23)27-26(29(33)30(34)31(27)22-11-4-3-5-12-22)28(32)25-14-8-10-20-9-6-7-13-24(20)25/h3-19,27,32H,1-2H3/b28-26-. The number of anilines is 1. The third kappa shape index (κ3) is 4.06. The normalized spacial score (nSPS) is 17.3. The first-order chi connectivity index (χ1) is 17.0. The van der Waals surface area contributed by atoms with E-state index in [1.165, 1.54) is 4.90 Å². The van der Waals surface area contributed by atoms with Gasteiger partial charge in [-0.3, -0.25) is 14.5 Å². The van der Waals surface area contributed by atoms with Gasteiger partial charge in [0.25, 0.3) is 11.7 Å². The average Bonchev–Trinajstić information content (AvgIpc) is 3.14. The topological polar surface area (TPSA) is 66.8 Å². The summed E-state index contributed by atoms with van der Waals surface area (Å²) in [7, 11) is 0. The van der Waals surface area contributed by atoms with Crippen LogP contribution >= 0.6 is 0 Å². The van der Waals surface area contributed by atoms with Crippen LogP contribution in [0.15, 0.2) is 103 Å². The molecule has 1 N–H and O–H groups in total. The van der Waals surface area contributed by atoms with Gasteiger partial charge in [-0.05, 0) is 54.4 Å². The predicted molar refractivity (Wildman–Crippen MR) is 137 cm³/mol. The summed E-state index contributed by atoms with van der Waals surface area (Å²) in [4.78, 5) is 28.2. The molecule has 174 valence electrons. The molecule has 5 nitrogen and oxygen atoms in total. The first kappa shape index (κ1) is 22.4. The van der Waals surface area contributed by atoms with Gasteiger partial charge in [0.05, 0.1) is 17.7 Å². The summed E-state index contributed by atoms with van der Waals surface area (Å²) in [6.45, 7) is 3.89. The molecular formula is C30H25NO4. The van der Waals surface area contributed by atoms with E-state index in [-0.39, 0.29) is 17.4 Å². The Morgan fingerprint density at radius 1 is 0.829 bits per heavy atom. The lowest BCUT2D eigenvalue weighted by molar-refractivity contribution is -0.132. The third-order valence-electron chi connectivity index (χ3n) is 6.09. The second-order valence-corrected chi connectivity index (χ2v) is 8.77. The molecule has 5 heteroatoms. The van der Waals surface area contributed by atoms with Gasteiger partial charge in [-0.15, -0.1) is 0 Å². The SMILES string of the molecule is CC(C)Oc1ccc(C2/C(=C(/O)c3cccc4ccccc34)C(=O)C(=O)N2c2ccccc2)cc1. The molecule has 1 heterocycles. The van der Waals surface area contributed by atoms with Gasteiger partial charge in [-0.2, -0.15) is 0 Å². The van der Waals surface area contributed by atoms with E-state index in [1.807, 2.05) is 92.7 Å². The van der Waals surface area contributed by atoms with E-state index >= 15 is 0 Å². The van der Waals surface area contributed by atoms with Crippen LogP contribution in [0, 0.1) is 0 Å². The Morgan fingerprint density at radius 2 is 1.49 bits per heavy atom. The summed E-state index contributed by atoms with van der Waals surface area (Å²) in [5.41, 5.74) is 1.86. The predicted octanol–water partition coefficient (Wildman–Crippen LogP) is 6.25. The lowest BCUT2D eigenvalue weighted by atomic mass is 9.93. The first-order valence-electron chi connectivity index (χ1n) is 11.6. The largest absolute Gasteiger partial charge is 0.507 e. The maximum Gasteiger partial charge on any atom is 0.300 e. The zero-order valence-corrected chi connectivity index (χ0v) is 19.5. The van der Waals surface area contributed by atoms with Crippen molar-refractivity contribution < 1.29 is 19.4 Å². The summed E-state index contributed by atoms with van der Waals surface area (Å²) in [5, 5.41) is 13.3. The monoisotopic (exact) mass is 463 g/mol. The van der Waals surface area contributed by atoms with Gasteiger partial charge in [-0.25, -0.2) is 0 Å². The van der Waals surface area contributed by atoms with Crippen molar-refractivity contribution in [3.63, 3.8) is 0 Å². The highest BCUT2D eigenvalue weighted by molar-refractivity contribution is 6.51. The molecule has 0 bridgehead atoms. The molecule has 1 aliphatic heterocycles. The molecule has 1 unspecified atom stereocenters. The summed E-state index contributed by atoms with van der Waals surface area (Å²) < 4.78 is 5.77. The molecule has 0 aliphatic carbocycles. The van der Waals surface area contributed by atoms with Gasteiger partial charge in [0, 0.05) is 11.3 Å². The van der Waals surface area contributed by atoms with Crippen molar-refractivity contribution in [3.05, 3.63) is 114 Å². The van der Waals surface area contributed by atoms with E-state index in [4.69, 9.17) is 4.74 Å². The fraction of sp³-hybridized carbons (Fsp3) is 0.133. The number of amides is 1. The van der Waals surface area contributed by atoms with Crippen molar-refractivity contribution in [3.8, 4) is 5.75 Å². The van der Waals surface area contributed by atoms with Crippen LogP contribution in [-0.4, -0.2) is 22.9 Å². The number of carbonyl (C=O) groups excluding carboxylic acids is 2. The molecule has 0 saturated carbocycles. The summed E-state index contributed by atoms with van der Waals surface area (Å²) in [6, 6.07) is 28.7. The Labute approximate surface area is 203 Å². The number of Topliss-reactive ketones (excluding diaryl/α,β-unsaturated/α-hetero) is 1. The molecule has 1 aliphatic rings. The lowest BCUT2D eigenvalue weighted by Crippen LogP contribution is -2.29. The minimum atomic E-state index is -0.788. The minimum Gasteiger partial charge on any atom is -0.507 e. The van der Waals surface area contributed by atoms with Crippen LogP contribution in [-0.2, 0) is 9.59 Å². The van der Waals surface area contributed by atoms with Gasteiger partial charge in [0.15, 0.2) is 0 Å². The van der Waals surface area contributed by atoms with E-state index in [2.05, 4.69) is 0 Å². The Morgan fingerprint density at radius 3 is 2.20 bits per heavy atom.